The van der Waals surface area contributed by atoms with E-state index in [-0.39, 0.29) is 25.0 Å². The van der Waals surface area contributed by atoms with E-state index in [1.807, 2.05) is 18.2 Å². The van der Waals surface area contributed by atoms with Crippen LogP contribution in [0.15, 0.2) is 54.6 Å². The third-order valence-corrected chi connectivity index (χ3v) is 6.00. The van der Waals surface area contributed by atoms with Gasteiger partial charge in [-0.1, -0.05) is 48.5 Å². The fourth-order valence-corrected chi connectivity index (χ4v) is 4.40. The Balaban J connectivity index is 1.80. The fourth-order valence-electron chi connectivity index (χ4n) is 3.17. The van der Waals surface area contributed by atoms with Gasteiger partial charge in [-0.3, -0.25) is 9.10 Å². The lowest BCUT2D eigenvalue weighted by atomic mass is 9.94. The van der Waals surface area contributed by atoms with Crippen LogP contribution in [0, 0.1) is 5.92 Å². The van der Waals surface area contributed by atoms with Gasteiger partial charge in [-0.15, -0.1) is 0 Å². The van der Waals surface area contributed by atoms with E-state index >= 15 is 0 Å². The number of anilines is 1. The Morgan fingerprint density at radius 2 is 1.79 bits per heavy atom. The quantitative estimate of drug-likeness (QED) is 0.776. The molecule has 148 valence electrons. The second-order valence-electron chi connectivity index (χ2n) is 6.70. The Labute approximate surface area is 164 Å². The molecule has 0 saturated carbocycles. The predicted octanol–water partition coefficient (Wildman–Crippen LogP) is 2.47. The largest absolute Gasteiger partial charge is 0.448 e. The monoisotopic (exact) mass is 402 g/mol. The molecule has 2 aromatic rings. The minimum Gasteiger partial charge on any atom is -0.448 e. The van der Waals surface area contributed by atoms with Crippen molar-refractivity contribution in [1.82, 2.24) is 5.32 Å². The first-order chi connectivity index (χ1) is 13.4. The molecular weight excluding hydrogens is 380 g/mol. The molecule has 0 radical (unpaired) electrons. The van der Waals surface area contributed by atoms with Crippen molar-refractivity contribution in [2.75, 3.05) is 17.4 Å². The molecular formula is C20H22N2O5S. The number of benzene rings is 2. The highest BCUT2D eigenvalue weighted by atomic mass is 32.2. The van der Waals surface area contributed by atoms with Gasteiger partial charge in [0.1, 0.15) is 6.61 Å². The minimum absolute atomic E-state index is 0.0973. The molecule has 0 unspecified atom stereocenters. The van der Waals surface area contributed by atoms with Crippen molar-refractivity contribution < 1.29 is 22.7 Å². The van der Waals surface area contributed by atoms with Crippen LogP contribution in [-0.4, -0.2) is 32.7 Å². The van der Waals surface area contributed by atoms with Crippen molar-refractivity contribution in [3.8, 4) is 0 Å². The second-order valence-corrected chi connectivity index (χ2v) is 8.42. The number of carbonyl (C=O) groups is 2. The number of ether oxygens (including phenoxy) is 1. The number of hydrogen-bond acceptors (Lipinski definition) is 5. The minimum atomic E-state index is -4.36. The number of amides is 1. The number of nitrogens with zero attached hydrogens (tertiary/aromatic N) is 1. The van der Waals surface area contributed by atoms with Crippen molar-refractivity contribution in [3.63, 3.8) is 0 Å². The molecule has 1 aliphatic heterocycles. The first-order valence-corrected chi connectivity index (χ1v) is 10.4. The summed E-state index contributed by atoms with van der Waals surface area (Å²) < 4.78 is 32.0. The number of fused-ring (bicyclic) bond motifs is 1. The van der Waals surface area contributed by atoms with E-state index in [2.05, 4.69) is 5.32 Å². The molecule has 0 spiro atoms. The molecule has 1 heterocycles. The zero-order valence-electron chi connectivity index (χ0n) is 15.5. The van der Waals surface area contributed by atoms with Crippen LogP contribution in [0.1, 0.15) is 18.1 Å². The number of nitrogens with one attached hydrogen (secondary N) is 1. The van der Waals surface area contributed by atoms with Gasteiger partial charge in [0, 0.05) is 20.0 Å². The Morgan fingerprint density at radius 3 is 2.50 bits per heavy atom. The molecule has 1 atom stereocenters. The van der Waals surface area contributed by atoms with Gasteiger partial charge >= 0.3 is 15.3 Å². The smallest absolute Gasteiger partial charge is 0.445 e. The van der Waals surface area contributed by atoms with Crippen LogP contribution in [-0.2, 0) is 32.6 Å². The first-order valence-electron chi connectivity index (χ1n) is 8.93. The lowest BCUT2D eigenvalue weighted by Crippen LogP contribution is -2.46. The summed E-state index contributed by atoms with van der Waals surface area (Å²) in [6, 6.07) is 15.9. The van der Waals surface area contributed by atoms with Crippen LogP contribution in [0.4, 0.5) is 10.5 Å². The molecule has 3 rings (SSSR count). The van der Waals surface area contributed by atoms with Gasteiger partial charge in [0.25, 0.3) is 0 Å². The zero-order chi connectivity index (χ0) is 20.1. The molecule has 1 N–H and O–H groups in total. The molecule has 0 aliphatic carbocycles. The molecule has 2 aromatic carbocycles. The lowest BCUT2D eigenvalue weighted by Gasteiger charge is -2.34. The van der Waals surface area contributed by atoms with Crippen LogP contribution in [0.2, 0.25) is 0 Å². The molecule has 0 bridgehead atoms. The average molecular weight is 402 g/mol. The summed E-state index contributed by atoms with van der Waals surface area (Å²) in [6.07, 6.45) is 0.613. The molecule has 28 heavy (non-hydrogen) atoms. The van der Waals surface area contributed by atoms with Crippen LogP contribution in [0.5, 0.6) is 0 Å². The highest BCUT2D eigenvalue weighted by Crippen LogP contribution is 2.32. The highest BCUT2D eigenvalue weighted by Gasteiger charge is 2.38. The van der Waals surface area contributed by atoms with E-state index in [1.54, 1.807) is 36.4 Å². The molecule has 0 fully saturated rings. The second kappa shape index (κ2) is 8.43. The number of hydrogen-bond donors (Lipinski definition) is 1. The standard InChI is InChI=1S/C20H22N2O5S/c1-15(23)21-12-17-11-18-9-5-6-10-19(18)22(13-17)28(25,26)20(24)27-14-16-7-3-2-4-8-16/h2-10,17H,11-14H2,1H3,(H,21,23)/t17-/m0/s1. The summed E-state index contributed by atoms with van der Waals surface area (Å²) >= 11 is 0. The Kier molecular flexibility index (Phi) is 5.99. The number of carbonyl (C=O) groups excluding carboxylic acids is 2. The van der Waals surface area contributed by atoms with Gasteiger partial charge in [-0.25, -0.2) is 4.79 Å². The predicted molar refractivity (Wildman–Crippen MR) is 105 cm³/mol. The van der Waals surface area contributed by atoms with Crippen molar-refractivity contribution in [3.05, 3.63) is 65.7 Å². The summed E-state index contributed by atoms with van der Waals surface area (Å²) in [5.41, 5.74) is 1.98. The summed E-state index contributed by atoms with van der Waals surface area (Å²) in [6.45, 7) is 1.71. The van der Waals surface area contributed by atoms with Crippen molar-refractivity contribution in [2.45, 2.75) is 20.0 Å². The van der Waals surface area contributed by atoms with Gasteiger partial charge in [0.05, 0.1) is 5.69 Å². The molecule has 0 aromatic heterocycles. The van der Waals surface area contributed by atoms with Crippen LogP contribution < -0.4 is 9.62 Å². The fraction of sp³-hybridized carbons (Fsp3) is 0.300. The van der Waals surface area contributed by atoms with E-state index in [0.29, 0.717) is 24.2 Å². The highest BCUT2D eigenvalue weighted by molar-refractivity contribution is 8.06. The third-order valence-electron chi connectivity index (χ3n) is 4.53. The Bertz CT molecular complexity index is 960. The maximum absolute atomic E-state index is 12.9. The maximum Gasteiger partial charge on any atom is 0.445 e. The van der Waals surface area contributed by atoms with Gasteiger partial charge < -0.3 is 10.1 Å². The maximum atomic E-state index is 12.9. The van der Waals surface area contributed by atoms with Crippen molar-refractivity contribution in [1.29, 1.82) is 0 Å². The number of rotatable bonds is 5. The van der Waals surface area contributed by atoms with Gasteiger partial charge in [0.2, 0.25) is 5.91 Å². The number of para-hydroxylation sites is 1. The lowest BCUT2D eigenvalue weighted by molar-refractivity contribution is -0.119. The molecule has 8 heteroatoms. The first kappa shape index (κ1) is 19.9. The normalized spacial score (nSPS) is 16.2. The Morgan fingerprint density at radius 1 is 1.11 bits per heavy atom. The van der Waals surface area contributed by atoms with Crippen molar-refractivity contribution >= 4 is 26.9 Å². The summed E-state index contributed by atoms with van der Waals surface area (Å²) in [7, 11) is -4.36. The van der Waals surface area contributed by atoms with E-state index in [1.165, 1.54) is 6.92 Å². The molecule has 1 amide bonds. The van der Waals surface area contributed by atoms with Crippen LogP contribution in [0.3, 0.4) is 0 Å². The van der Waals surface area contributed by atoms with Gasteiger partial charge in [-0.2, -0.15) is 8.42 Å². The van der Waals surface area contributed by atoms with Gasteiger partial charge in [-0.05, 0) is 29.5 Å². The third kappa shape index (κ3) is 4.51. The van der Waals surface area contributed by atoms with E-state index in [9.17, 15) is 18.0 Å². The van der Waals surface area contributed by atoms with Gasteiger partial charge in [0.15, 0.2) is 0 Å². The van der Waals surface area contributed by atoms with Crippen LogP contribution in [0.25, 0.3) is 0 Å². The van der Waals surface area contributed by atoms with Crippen LogP contribution >= 0.6 is 0 Å². The van der Waals surface area contributed by atoms with Crippen molar-refractivity contribution in [2.24, 2.45) is 5.92 Å². The summed E-state index contributed by atoms with van der Waals surface area (Å²) in [4.78, 5) is 23.6. The average Bonchev–Trinajstić information content (AvgIpc) is 2.70. The topological polar surface area (TPSA) is 92.8 Å². The molecule has 0 saturated heterocycles. The summed E-state index contributed by atoms with van der Waals surface area (Å²) in [5, 5.41) is 1.43. The molecule has 1 aliphatic rings. The zero-order valence-corrected chi connectivity index (χ0v) is 16.3. The van der Waals surface area contributed by atoms with E-state index < -0.39 is 15.3 Å². The van der Waals surface area contributed by atoms with E-state index in [4.69, 9.17) is 4.74 Å². The summed E-state index contributed by atoms with van der Waals surface area (Å²) in [5.74, 6) is -0.328. The Hall–Kier alpha value is -2.87. The van der Waals surface area contributed by atoms with E-state index in [0.717, 1.165) is 9.87 Å². The molecule has 7 nitrogen and oxygen atoms in total. The SMILES string of the molecule is CC(=O)NC[C@@H]1Cc2ccccc2N(S(=O)(=O)C(=O)OCc2ccccc2)C1. The number of sulfonamides is 1.